The van der Waals surface area contributed by atoms with Gasteiger partial charge in [0, 0.05) is 35.9 Å². The quantitative estimate of drug-likeness (QED) is 0.746. The molecule has 2 aromatic carbocycles. The van der Waals surface area contributed by atoms with E-state index >= 15 is 0 Å². The zero-order valence-corrected chi connectivity index (χ0v) is 16.0. The molecule has 0 bridgehead atoms. The first-order chi connectivity index (χ1) is 12.0. The zero-order valence-electron chi connectivity index (χ0n) is 14.4. The van der Waals surface area contributed by atoms with Crippen molar-refractivity contribution in [3.63, 3.8) is 0 Å². The van der Waals surface area contributed by atoms with Crippen molar-refractivity contribution in [3.05, 3.63) is 64.1 Å². The number of benzene rings is 2. The van der Waals surface area contributed by atoms with E-state index in [-0.39, 0.29) is 18.2 Å². The van der Waals surface area contributed by atoms with Crippen LogP contribution in [-0.4, -0.2) is 43.9 Å². The highest BCUT2D eigenvalue weighted by atomic mass is 79.9. The number of anilines is 1. The van der Waals surface area contributed by atoms with E-state index in [9.17, 15) is 9.59 Å². The van der Waals surface area contributed by atoms with E-state index in [1.165, 1.54) is 0 Å². The van der Waals surface area contributed by atoms with Crippen molar-refractivity contribution in [2.75, 3.05) is 32.5 Å². The fourth-order valence-electron chi connectivity index (χ4n) is 2.32. The molecule has 0 saturated carbocycles. The van der Waals surface area contributed by atoms with Gasteiger partial charge in [-0.1, -0.05) is 34.1 Å². The van der Waals surface area contributed by atoms with Crippen molar-refractivity contribution in [3.8, 4) is 0 Å². The van der Waals surface area contributed by atoms with Gasteiger partial charge in [-0.25, -0.2) is 0 Å². The van der Waals surface area contributed by atoms with Crippen molar-refractivity contribution >= 4 is 33.4 Å². The number of rotatable bonds is 7. The molecule has 0 saturated heterocycles. The molecule has 0 unspecified atom stereocenters. The molecule has 132 valence electrons. The lowest BCUT2D eigenvalue weighted by molar-refractivity contribution is -0.115. The van der Waals surface area contributed by atoms with Gasteiger partial charge in [-0.2, -0.15) is 0 Å². The molecule has 0 radical (unpaired) electrons. The summed E-state index contributed by atoms with van der Waals surface area (Å²) in [6, 6.07) is 14.6. The third kappa shape index (κ3) is 5.99. The highest BCUT2D eigenvalue weighted by molar-refractivity contribution is 9.10. The molecule has 0 heterocycles. The minimum absolute atomic E-state index is 0.0701. The van der Waals surface area contributed by atoms with Gasteiger partial charge in [0.1, 0.15) is 0 Å². The van der Waals surface area contributed by atoms with Crippen molar-refractivity contribution < 1.29 is 9.59 Å². The molecule has 0 aliphatic rings. The molecule has 25 heavy (non-hydrogen) atoms. The number of carbonyl (C=O) groups is 2. The number of carbonyl (C=O) groups excluding carboxylic acids is 2. The second kappa shape index (κ2) is 9.34. The van der Waals surface area contributed by atoms with Gasteiger partial charge in [-0.15, -0.1) is 0 Å². The van der Waals surface area contributed by atoms with Crippen LogP contribution in [0.2, 0.25) is 0 Å². The Balaban J connectivity index is 1.99. The van der Waals surface area contributed by atoms with Crippen LogP contribution in [0.1, 0.15) is 15.9 Å². The van der Waals surface area contributed by atoms with E-state index in [1.54, 1.807) is 36.2 Å². The van der Waals surface area contributed by atoms with Crippen LogP contribution in [0, 0.1) is 0 Å². The molecule has 2 amide bonds. The van der Waals surface area contributed by atoms with Gasteiger partial charge >= 0.3 is 0 Å². The summed E-state index contributed by atoms with van der Waals surface area (Å²) < 4.78 is 0.977. The highest BCUT2D eigenvalue weighted by Gasteiger charge is 2.12. The maximum absolute atomic E-state index is 12.4. The average molecular weight is 404 g/mol. The maximum atomic E-state index is 12.4. The fourth-order valence-corrected chi connectivity index (χ4v) is 2.59. The minimum atomic E-state index is -0.115. The van der Waals surface area contributed by atoms with Crippen LogP contribution >= 0.6 is 15.9 Å². The molecule has 5 nitrogen and oxygen atoms in total. The normalized spacial score (nSPS) is 10.4. The summed E-state index contributed by atoms with van der Waals surface area (Å²) in [6.45, 7) is 1.35. The van der Waals surface area contributed by atoms with E-state index in [1.807, 2.05) is 31.3 Å². The summed E-state index contributed by atoms with van der Waals surface area (Å²) >= 11 is 3.37. The third-order valence-electron chi connectivity index (χ3n) is 3.72. The Morgan fingerprint density at radius 2 is 1.84 bits per heavy atom. The molecule has 2 N–H and O–H groups in total. The van der Waals surface area contributed by atoms with E-state index in [0.29, 0.717) is 17.8 Å². The molecule has 0 atom stereocenters. The molecule has 2 aromatic rings. The summed E-state index contributed by atoms with van der Waals surface area (Å²) in [5.41, 5.74) is 2.11. The van der Waals surface area contributed by atoms with Gasteiger partial charge in [-0.05, 0) is 42.9 Å². The van der Waals surface area contributed by atoms with Crippen LogP contribution in [0.5, 0.6) is 0 Å². The molecular formula is C19H22BrN3O2. The lowest BCUT2D eigenvalue weighted by atomic mass is 10.1. The van der Waals surface area contributed by atoms with E-state index in [4.69, 9.17) is 0 Å². The Hall–Kier alpha value is -2.18. The van der Waals surface area contributed by atoms with Gasteiger partial charge in [-0.3, -0.25) is 9.59 Å². The minimum Gasteiger partial charge on any atom is -0.340 e. The van der Waals surface area contributed by atoms with E-state index < -0.39 is 0 Å². The molecule has 0 aromatic heterocycles. The van der Waals surface area contributed by atoms with Crippen molar-refractivity contribution in [2.24, 2.45) is 0 Å². The van der Waals surface area contributed by atoms with E-state index in [0.717, 1.165) is 16.6 Å². The summed E-state index contributed by atoms with van der Waals surface area (Å²) in [5, 5.41) is 5.86. The van der Waals surface area contributed by atoms with Gasteiger partial charge < -0.3 is 15.5 Å². The molecule has 2 rings (SSSR count). The number of amides is 2. The molecule has 0 spiro atoms. The molecule has 0 aliphatic carbocycles. The second-order valence-electron chi connectivity index (χ2n) is 5.76. The van der Waals surface area contributed by atoms with Gasteiger partial charge in [0.05, 0.1) is 6.42 Å². The summed E-state index contributed by atoms with van der Waals surface area (Å²) in [5.74, 6) is -0.185. The van der Waals surface area contributed by atoms with Crippen LogP contribution in [0.4, 0.5) is 5.69 Å². The predicted molar refractivity (Wildman–Crippen MR) is 104 cm³/mol. The molecule has 0 aliphatic heterocycles. The summed E-state index contributed by atoms with van der Waals surface area (Å²) in [7, 11) is 3.61. The number of halogens is 1. The average Bonchev–Trinajstić information content (AvgIpc) is 2.61. The van der Waals surface area contributed by atoms with Crippen molar-refractivity contribution in [1.29, 1.82) is 0 Å². The molecule has 0 fully saturated rings. The smallest absolute Gasteiger partial charge is 0.253 e. The van der Waals surface area contributed by atoms with Crippen LogP contribution in [0.3, 0.4) is 0 Å². The van der Waals surface area contributed by atoms with Gasteiger partial charge in [0.25, 0.3) is 5.91 Å². The Labute approximate surface area is 156 Å². The number of likely N-dealkylation sites (N-methyl/N-ethyl adjacent to an activating group) is 2. The van der Waals surface area contributed by atoms with Crippen LogP contribution in [0.25, 0.3) is 0 Å². The third-order valence-corrected chi connectivity index (χ3v) is 4.24. The largest absolute Gasteiger partial charge is 0.340 e. The zero-order chi connectivity index (χ0) is 18.2. The molecule has 6 heteroatoms. The summed E-state index contributed by atoms with van der Waals surface area (Å²) in [6.07, 6.45) is 0.285. The van der Waals surface area contributed by atoms with Crippen LogP contribution in [-0.2, 0) is 11.2 Å². The topological polar surface area (TPSA) is 61.4 Å². The highest BCUT2D eigenvalue weighted by Crippen LogP contribution is 2.14. The van der Waals surface area contributed by atoms with Crippen molar-refractivity contribution in [2.45, 2.75) is 6.42 Å². The van der Waals surface area contributed by atoms with E-state index in [2.05, 4.69) is 26.6 Å². The number of nitrogens with one attached hydrogen (secondary N) is 2. The first kappa shape index (κ1) is 19.1. The molecular weight excluding hydrogens is 382 g/mol. The monoisotopic (exact) mass is 403 g/mol. The van der Waals surface area contributed by atoms with Crippen LogP contribution in [0.15, 0.2) is 53.0 Å². The second-order valence-corrected chi connectivity index (χ2v) is 6.68. The van der Waals surface area contributed by atoms with Gasteiger partial charge in [0.15, 0.2) is 0 Å². The standard InChI is InChI=1S/C19H22BrN3O2/c1-21-10-11-23(2)19(25)15-4-3-5-17(13-15)22-18(24)12-14-6-8-16(20)9-7-14/h3-9,13,21H,10-12H2,1-2H3,(H,22,24). The number of hydrogen-bond acceptors (Lipinski definition) is 3. The lowest BCUT2D eigenvalue weighted by Crippen LogP contribution is -2.32. The Morgan fingerprint density at radius 3 is 2.52 bits per heavy atom. The van der Waals surface area contributed by atoms with Gasteiger partial charge in [0.2, 0.25) is 5.91 Å². The maximum Gasteiger partial charge on any atom is 0.253 e. The fraction of sp³-hybridized carbons (Fsp3) is 0.263. The predicted octanol–water partition coefficient (Wildman–Crippen LogP) is 2.92. The summed E-state index contributed by atoms with van der Waals surface area (Å²) in [4.78, 5) is 26.2. The number of nitrogens with zero attached hydrogens (tertiary/aromatic N) is 1. The lowest BCUT2D eigenvalue weighted by Gasteiger charge is -2.17. The Morgan fingerprint density at radius 1 is 1.12 bits per heavy atom. The van der Waals surface area contributed by atoms with Crippen molar-refractivity contribution in [1.82, 2.24) is 10.2 Å². The number of hydrogen-bond donors (Lipinski definition) is 2. The Kier molecular flexibility index (Phi) is 7.16. The first-order valence-corrected chi connectivity index (χ1v) is 8.83. The SMILES string of the molecule is CNCCN(C)C(=O)c1cccc(NC(=O)Cc2ccc(Br)cc2)c1. The Bertz CT molecular complexity index is 732. The van der Waals surface area contributed by atoms with Crippen LogP contribution < -0.4 is 10.6 Å². The first-order valence-electron chi connectivity index (χ1n) is 8.04.